The number of benzene rings is 1. The van der Waals surface area contributed by atoms with Crippen molar-refractivity contribution in [3.8, 4) is 5.69 Å². The Morgan fingerprint density at radius 3 is 2.56 bits per heavy atom. The van der Waals surface area contributed by atoms with Crippen molar-refractivity contribution in [1.82, 2.24) is 30.1 Å². The molecule has 0 radical (unpaired) electrons. The predicted octanol–water partition coefficient (Wildman–Crippen LogP) is 0.662. The van der Waals surface area contributed by atoms with Gasteiger partial charge in [-0.15, -0.1) is 5.10 Å². The highest BCUT2D eigenvalue weighted by Crippen LogP contribution is 2.22. The van der Waals surface area contributed by atoms with Gasteiger partial charge in [0.25, 0.3) is 0 Å². The Hall–Kier alpha value is -3.13. The number of carbonyl (C=O) groups is 1. The van der Waals surface area contributed by atoms with Crippen molar-refractivity contribution in [2.75, 3.05) is 13.1 Å². The minimum Gasteiger partial charge on any atom is -0.391 e. The number of aromatic nitrogens is 5. The van der Waals surface area contributed by atoms with Gasteiger partial charge in [-0.1, -0.05) is 12.1 Å². The number of pyridine rings is 1. The molecule has 1 aliphatic heterocycles. The molecule has 8 nitrogen and oxygen atoms in total. The molecule has 0 saturated carbocycles. The third-order valence-electron chi connectivity index (χ3n) is 4.91. The zero-order chi connectivity index (χ0) is 18.6. The lowest BCUT2D eigenvalue weighted by Crippen LogP contribution is -2.31. The van der Waals surface area contributed by atoms with Crippen LogP contribution in [0.1, 0.15) is 11.1 Å². The van der Waals surface area contributed by atoms with Crippen molar-refractivity contribution in [2.45, 2.75) is 18.9 Å². The van der Waals surface area contributed by atoms with Crippen LogP contribution in [0.4, 0.5) is 0 Å². The number of amides is 1. The molecule has 2 atom stereocenters. The van der Waals surface area contributed by atoms with E-state index in [0.717, 1.165) is 23.2 Å². The second-order valence-corrected chi connectivity index (χ2v) is 6.78. The van der Waals surface area contributed by atoms with Crippen molar-refractivity contribution in [3.05, 3.63) is 66.2 Å². The second kappa shape index (κ2) is 7.63. The third kappa shape index (κ3) is 4.01. The van der Waals surface area contributed by atoms with Crippen molar-refractivity contribution in [2.24, 2.45) is 5.92 Å². The van der Waals surface area contributed by atoms with Crippen LogP contribution in [0.2, 0.25) is 0 Å². The van der Waals surface area contributed by atoms with Gasteiger partial charge in [0.05, 0.1) is 18.2 Å². The Balaban J connectivity index is 1.36. The van der Waals surface area contributed by atoms with Crippen LogP contribution in [0.15, 0.2) is 55.1 Å². The number of carbonyl (C=O) groups excluding carboxylic acids is 1. The van der Waals surface area contributed by atoms with Gasteiger partial charge in [-0.3, -0.25) is 9.78 Å². The minimum absolute atomic E-state index is 0.0291. The quantitative estimate of drug-likeness (QED) is 0.714. The first kappa shape index (κ1) is 17.3. The van der Waals surface area contributed by atoms with E-state index in [1.54, 1.807) is 22.0 Å². The Kier molecular flexibility index (Phi) is 4.88. The molecule has 3 heterocycles. The van der Waals surface area contributed by atoms with Gasteiger partial charge in [-0.2, -0.15) is 0 Å². The molecule has 2 aromatic heterocycles. The summed E-state index contributed by atoms with van der Waals surface area (Å²) in [5, 5.41) is 21.4. The fourth-order valence-corrected chi connectivity index (χ4v) is 3.41. The van der Waals surface area contributed by atoms with Crippen LogP contribution in [0.3, 0.4) is 0 Å². The molecule has 1 amide bonds. The number of aliphatic hydroxyl groups excluding tert-OH is 1. The summed E-state index contributed by atoms with van der Waals surface area (Å²) in [6.07, 6.45) is 5.58. The number of tetrazole rings is 1. The van der Waals surface area contributed by atoms with E-state index in [2.05, 4.69) is 20.5 Å². The molecule has 138 valence electrons. The summed E-state index contributed by atoms with van der Waals surface area (Å²) in [6.45, 7) is 0.961. The average molecular weight is 364 g/mol. The number of nitrogens with zero attached hydrogens (tertiary/aromatic N) is 6. The Morgan fingerprint density at radius 2 is 1.85 bits per heavy atom. The topological polar surface area (TPSA) is 97.0 Å². The molecule has 1 saturated heterocycles. The molecule has 1 N–H and O–H groups in total. The maximum Gasteiger partial charge on any atom is 0.227 e. The number of β-amino-alcohol motifs (C(OH)–C–C–N with tert-alkyl or cyclic N) is 1. The number of likely N-dealkylation sites (tertiary alicyclic amines) is 1. The molecule has 4 rings (SSSR count). The largest absolute Gasteiger partial charge is 0.391 e. The Bertz CT molecular complexity index is 882. The van der Waals surface area contributed by atoms with Crippen molar-refractivity contribution < 1.29 is 9.90 Å². The Labute approximate surface area is 156 Å². The fraction of sp³-hybridized carbons (Fsp3) is 0.316. The summed E-state index contributed by atoms with van der Waals surface area (Å²) < 4.78 is 1.56. The van der Waals surface area contributed by atoms with Crippen LogP contribution < -0.4 is 0 Å². The van der Waals surface area contributed by atoms with Gasteiger partial charge in [-0.25, -0.2) is 4.68 Å². The molecule has 1 fully saturated rings. The highest BCUT2D eigenvalue weighted by Gasteiger charge is 2.33. The van der Waals surface area contributed by atoms with Gasteiger partial charge in [0.15, 0.2) is 0 Å². The Morgan fingerprint density at radius 1 is 1.07 bits per heavy atom. The summed E-state index contributed by atoms with van der Waals surface area (Å²) in [4.78, 5) is 18.4. The second-order valence-electron chi connectivity index (χ2n) is 6.78. The molecule has 0 spiro atoms. The number of aliphatic hydroxyl groups is 1. The molecule has 0 aliphatic carbocycles. The van der Waals surface area contributed by atoms with Gasteiger partial charge >= 0.3 is 0 Å². The van der Waals surface area contributed by atoms with Crippen LogP contribution in [-0.4, -0.2) is 60.3 Å². The average Bonchev–Trinajstić information content (AvgIpc) is 3.34. The first-order chi connectivity index (χ1) is 13.2. The SMILES string of the molecule is O=C(Cc1ccc(-n2cnnn2)cc1)N1C[C@@H](Cc2ccncc2)[C@H](O)C1. The highest BCUT2D eigenvalue weighted by atomic mass is 16.3. The zero-order valence-corrected chi connectivity index (χ0v) is 14.7. The molecule has 1 aromatic carbocycles. The van der Waals surface area contributed by atoms with Crippen LogP contribution >= 0.6 is 0 Å². The molecule has 1 aliphatic rings. The monoisotopic (exact) mass is 364 g/mol. The first-order valence-electron chi connectivity index (χ1n) is 8.86. The van der Waals surface area contributed by atoms with E-state index in [-0.39, 0.29) is 11.8 Å². The highest BCUT2D eigenvalue weighted by molar-refractivity contribution is 5.79. The fourth-order valence-electron chi connectivity index (χ4n) is 3.41. The molecule has 27 heavy (non-hydrogen) atoms. The lowest BCUT2D eigenvalue weighted by molar-refractivity contribution is -0.129. The zero-order valence-electron chi connectivity index (χ0n) is 14.7. The van der Waals surface area contributed by atoms with Crippen LogP contribution in [0.25, 0.3) is 5.69 Å². The van der Waals surface area contributed by atoms with Gasteiger partial charge < -0.3 is 10.0 Å². The number of rotatable bonds is 5. The maximum atomic E-state index is 12.6. The molecule has 0 unspecified atom stereocenters. The smallest absolute Gasteiger partial charge is 0.227 e. The van der Waals surface area contributed by atoms with E-state index in [4.69, 9.17) is 0 Å². The molecular formula is C19H20N6O2. The van der Waals surface area contributed by atoms with E-state index >= 15 is 0 Å². The van der Waals surface area contributed by atoms with Gasteiger partial charge in [0, 0.05) is 31.4 Å². The summed E-state index contributed by atoms with van der Waals surface area (Å²) >= 11 is 0. The van der Waals surface area contributed by atoms with Gasteiger partial charge in [0.1, 0.15) is 6.33 Å². The van der Waals surface area contributed by atoms with Gasteiger partial charge in [0.2, 0.25) is 5.91 Å². The summed E-state index contributed by atoms with van der Waals surface area (Å²) in [5.74, 6) is 0.0833. The van der Waals surface area contributed by atoms with E-state index in [1.165, 1.54) is 6.33 Å². The van der Waals surface area contributed by atoms with Gasteiger partial charge in [-0.05, 0) is 52.2 Å². The van der Waals surface area contributed by atoms with Crippen molar-refractivity contribution >= 4 is 5.91 Å². The summed E-state index contributed by atoms with van der Waals surface area (Å²) in [6, 6.07) is 11.5. The first-order valence-corrected chi connectivity index (χ1v) is 8.86. The van der Waals surface area contributed by atoms with Crippen LogP contribution in [-0.2, 0) is 17.6 Å². The predicted molar refractivity (Wildman–Crippen MR) is 96.9 cm³/mol. The minimum atomic E-state index is -0.496. The van der Waals surface area contributed by atoms with Crippen molar-refractivity contribution in [3.63, 3.8) is 0 Å². The van der Waals surface area contributed by atoms with E-state index in [9.17, 15) is 9.90 Å². The molecule has 8 heteroatoms. The molecule has 3 aromatic rings. The van der Waals surface area contributed by atoms with Crippen LogP contribution in [0.5, 0.6) is 0 Å². The summed E-state index contributed by atoms with van der Waals surface area (Å²) in [5.41, 5.74) is 2.88. The van der Waals surface area contributed by atoms with E-state index < -0.39 is 6.10 Å². The standard InChI is InChI=1S/C19H20N6O2/c26-18-12-24(11-16(18)9-15-5-7-20-8-6-15)19(27)10-14-1-3-17(4-2-14)25-13-21-22-23-25/h1-8,13,16,18,26H,9-12H2/t16-,18-/m1/s1. The number of hydrogen-bond acceptors (Lipinski definition) is 6. The third-order valence-corrected chi connectivity index (χ3v) is 4.91. The number of hydrogen-bond donors (Lipinski definition) is 1. The maximum absolute atomic E-state index is 12.6. The van der Waals surface area contributed by atoms with Crippen molar-refractivity contribution in [1.29, 1.82) is 0 Å². The normalized spacial score (nSPS) is 19.4. The lowest BCUT2D eigenvalue weighted by Gasteiger charge is -2.16. The van der Waals surface area contributed by atoms with E-state index in [1.807, 2.05) is 36.4 Å². The van der Waals surface area contributed by atoms with Crippen LogP contribution in [0, 0.1) is 5.92 Å². The molecule has 0 bridgehead atoms. The van der Waals surface area contributed by atoms with E-state index in [0.29, 0.717) is 19.5 Å². The summed E-state index contributed by atoms with van der Waals surface area (Å²) in [7, 11) is 0. The molecular weight excluding hydrogens is 344 g/mol. The lowest BCUT2D eigenvalue weighted by atomic mass is 9.97.